The minimum atomic E-state index is -4.65. The zero-order valence-electron chi connectivity index (χ0n) is 23.2. The molecule has 2 aliphatic carbocycles. The van der Waals surface area contributed by atoms with Gasteiger partial charge in [-0.1, -0.05) is 30.3 Å². The van der Waals surface area contributed by atoms with Gasteiger partial charge < -0.3 is 20.5 Å². The number of fused-ring (bicyclic) bond motifs is 1. The van der Waals surface area contributed by atoms with E-state index in [1.54, 1.807) is 6.20 Å². The molecule has 1 aromatic carbocycles. The number of benzene rings is 1. The Bertz CT molecular complexity index is 1510. The Kier molecular flexibility index (Phi) is 7.51. The topological polar surface area (TPSA) is 135 Å². The maximum Gasteiger partial charge on any atom is 0.408 e. The summed E-state index contributed by atoms with van der Waals surface area (Å²) < 4.78 is 47.5. The highest BCUT2D eigenvalue weighted by atomic mass is 19.4. The monoisotopic (exact) mass is 599 g/mol. The largest absolute Gasteiger partial charge is 0.480 e. The molecular formula is C30H32F3N5O5. The second-order valence-corrected chi connectivity index (χ2v) is 12.0. The van der Waals surface area contributed by atoms with E-state index in [0.717, 1.165) is 31.2 Å². The van der Waals surface area contributed by atoms with Crippen LogP contribution in [0.3, 0.4) is 0 Å². The molecule has 6 rings (SSSR count). The molecule has 3 aromatic rings. The number of nitrogens with zero attached hydrogens (tertiary/aromatic N) is 3. The Morgan fingerprint density at radius 2 is 1.84 bits per heavy atom. The quantitative estimate of drug-likeness (QED) is 0.293. The normalized spacial score (nSPS) is 23.2. The summed E-state index contributed by atoms with van der Waals surface area (Å²) in [7, 11) is 0. The summed E-state index contributed by atoms with van der Waals surface area (Å²) in [5.41, 5.74) is -0.300. The second kappa shape index (κ2) is 11.2. The fraction of sp³-hybridized carbons (Fsp3) is 0.500. The number of carbonyl (C=O) groups is 3. The van der Waals surface area contributed by atoms with Crippen LogP contribution >= 0.6 is 0 Å². The maximum atomic E-state index is 13.5. The molecule has 43 heavy (non-hydrogen) atoms. The predicted molar refractivity (Wildman–Crippen MR) is 145 cm³/mol. The average molecular weight is 600 g/mol. The van der Waals surface area contributed by atoms with E-state index in [9.17, 15) is 32.7 Å². The fourth-order valence-corrected chi connectivity index (χ4v) is 6.29. The van der Waals surface area contributed by atoms with Crippen molar-refractivity contribution >= 4 is 23.6 Å². The SMILES string of the molecule is O=C(NC(c1cn2ncc(CC3(C(=O)O)C[C@H](C(F)(F)F)CNC3=O)cc2n1)C(C1CC1)C1CC1)OCc1ccccc1. The predicted octanol–water partition coefficient (Wildman–Crippen LogP) is 4.44. The first-order valence-electron chi connectivity index (χ1n) is 14.4. The Morgan fingerprint density at radius 1 is 1.14 bits per heavy atom. The number of alkyl halides is 3. The maximum absolute atomic E-state index is 13.5. The van der Waals surface area contributed by atoms with E-state index in [1.165, 1.54) is 16.8 Å². The molecule has 3 heterocycles. The standard InChI is InChI=1S/C30H32F3N5O5/c31-30(32,33)21-12-29(27(40)41,26(39)34-14-21)11-18-10-23-36-22(15-38(23)35-13-18)25(24(19-6-7-19)20-8-9-20)37-28(42)43-16-17-4-2-1-3-5-17/h1-5,10,13,15,19-21,24-25H,6-9,11-12,14,16H2,(H,34,39)(H,37,42)(H,40,41)/t21-,25?,29?/m0/s1. The Morgan fingerprint density at radius 3 is 2.47 bits per heavy atom. The molecule has 0 spiro atoms. The van der Waals surface area contributed by atoms with Crippen molar-refractivity contribution in [1.29, 1.82) is 0 Å². The highest BCUT2D eigenvalue weighted by Gasteiger charge is 2.56. The van der Waals surface area contributed by atoms with Gasteiger partial charge in [-0.15, -0.1) is 0 Å². The van der Waals surface area contributed by atoms with Crippen molar-refractivity contribution in [1.82, 2.24) is 25.2 Å². The second-order valence-electron chi connectivity index (χ2n) is 12.0. The molecule has 10 nitrogen and oxygen atoms in total. The minimum absolute atomic E-state index is 0.112. The molecule has 3 atom stereocenters. The Hall–Kier alpha value is -4.16. The third kappa shape index (κ3) is 6.16. The first kappa shape index (κ1) is 28.9. The molecule has 2 saturated carbocycles. The van der Waals surface area contributed by atoms with Gasteiger partial charge in [-0.3, -0.25) is 9.59 Å². The summed E-state index contributed by atoms with van der Waals surface area (Å²) in [5.74, 6) is -3.51. The molecule has 13 heteroatoms. The number of hydrogen-bond acceptors (Lipinski definition) is 6. The zero-order chi connectivity index (χ0) is 30.4. The van der Waals surface area contributed by atoms with Gasteiger partial charge in [-0.05, 0) is 73.5 Å². The van der Waals surface area contributed by atoms with Crippen LogP contribution in [0.25, 0.3) is 5.65 Å². The number of aromatic nitrogens is 3. The minimum Gasteiger partial charge on any atom is -0.480 e. The van der Waals surface area contributed by atoms with E-state index in [2.05, 4.69) is 15.7 Å². The van der Waals surface area contributed by atoms with Crippen LogP contribution in [0.15, 0.2) is 48.8 Å². The Labute approximate surface area is 245 Å². The number of carboxylic acid groups (broad SMARTS) is 1. The summed E-state index contributed by atoms with van der Waals surface area (Å²) in [6.45, 7) is -0.551. The molecule has 2 amide bonds. The lowest BCUT2D eigenvalue weighted by molar-refractivity contribution is -0.194. The number of carbonyl (C=O) groups excluding carboxylic acids is 2. The van der Waals surface area contributed by atoms with Crippen LogP contribution in [0.5, 0.6) is 0 Å². The van der Waals surface area contributed by atoms with Crippen molar-refractivity contribution in [2.45, 2.75) is 57.3 Å². The van der Waals surface area contributed by atoms with Crippen LogP contribution in [-0.2, 0) is 27.4 Å². The fourth-order valence-electron chi connectivity index (χ4n) is 6.29. The number of rotatable bonds is 10. The number of aliphatic carboxylic acids is 1. The van der Waals surface area contributed by atoms with E-state index in [0.29, 0.717) is 23.2 Å². The molecule has 1 aliphatic heterocycles. The third-order valence-corrected chi connectivity index (χ3v) is 8.83. The van der Waals surface area contributed by atoms with Gasteiger partial charge in [-0.2, -0.15) is 18.3 Å². The number of imidazole rings is 1. The summed E-state index contributed by atoms with van der Waals surface area (Å²) in [6, 6.07) is 10.4. The van der Waals surface area contributed by atoms with Gasteiger partial charge in [0.15, 0.2) is 11.1 Å². The van der Waals surface area contributed by atoms with Crippen molar-refractivity contribution in [2.24, 2.45) is 29.1 Å². The first-order chi connectivity index (χ1) is 20.5. The van der Waals surface area contributed by atoms with Crippen molar-refractivity contribution in [3.8, 4) is 0 Å². The van der Waals surface area contributed by atoms with Gasteiger partial charge in [0, 0.05) is 6.54 Å². The van der Waals surface area contributed by atoms with Crippen LogP contribution in [0.1, 0.15) is 55.0 Å². The van der Waals surface area contributed by atoms with Gasteiger partial charge >= 0.3 is 18.2 Å². The smallest absolute Gasteiger partial charge is 0.408 e. The van der Waals surface area contributed by atoms with Gasteiger partial charge in [0.05, 0.1) is 30.0 Å². The van der Waals surface area contributed by atoms with Gasteiger partial charge in [0.2, 0.25) is 5.91 Å². The third-order valence-electron chi connectivity index (χ3n) is 8.83. The lowest BCUT2D eigenvalue weighted by atomic mass is 9.71. The molecule has 3 aliphatic rings. The molecule has 2 unspecified atom stereocenters. The molecule has 3 fully saturated rings. The van der Waals surface area contributed by atoms with Crippen LogP contribution in [0.4, 0.5) is 18.0 Å². The lowest BCUT2D eigenvalue weighted by Crippen LogP contribution is -2.57. The average Bonchev–Trinajstić information content (AvgIpc) is 3.91. The highest BCUT2D eigenvalue weighted by Crippen LogP contribution is 2.54. The molecule has 0 radical (unpaired) electrons. The van der Waals surface area contributed by atoms with Gasteiger partial charge in [0.25, 0.3) is 0 Å². The van der Waals surface area contributed by atoms with Gasteiger partial charge in [-0.25, -0.2) is 14.3 Å². The van der Waals surface area contributed by atoms with Gasteiger partial charge in [0.1, 0.15) is 6.61 Å². The highest BCUT2D eigenvalue weighted by molar-refractivity contribution is 6.02. The molecule has 2 aromatic heterocycles. The van der Waals surface area contributed by atoms with Crippen molar-refractivity contribution in [2.75, 3.05) is 6.54 Å². The van der Waals surface area contributed by atoms with Crippen LogP contribution in [-0.4, -0.2) is 50.4 Å². The number of carboxylic acids is 1. The van der Waals surface area contributed by atoms with E-state index in [1.807, 2.05) is 30.3 Å². The number of ether oxygens (including phenoxy) is 1. The summed E-state index contributed by atoms with van der Waals surface area (Å²) in [6.07, 6.45) is 0.701. The Balaban J connectivity index is 1.26. The molecular weight excluding hydrogens is 567 g/mol. The van der Waals surface area contributed by atoms with Crippen LogP contribution in [0.2, 0.25) is 0 Å². The van der Waals surface area contributed by atoms with E-state index in [-0.39, 0.29) is 18.1 Å². The summed E-state index contributed by atoms with van der Waals surface area (Å²) in [4.78, 5) is 42.6. The number of amides is 2. The summed E-state index contributed by atoms with van der Waals surface area (Å²) in [5, 5.41) is 19.5. The van der Waals surface area contributed by atoms with E-state index in [4.69, 9.17) is 9.72 Å². The molecule has 0 bridgehead atoms. The number of halogens is 3. The molecule has 1 saturated heterocycles. The van der Waals surface area contributed by atoms with Crippen molar-refractivity contribution in [3.63, 3.8) is 0 Å². The lowest BCUT2D eigenvalue weighted by Gasteiger charge is -2.37. The number of nitrogens with one attached hydrogen (secondary N) is 2. The van der Waals surface area contributed by atoms with Crippen LogP contribution < -0.4 is 10.6 Å². The van der Waals surface area contributed by atoms with Crippen molar-refractivity contribution in [3.05, 3.63) is 65.6 Å². The number of alkyl carbamates (subject to hydrolysis) is 1. The van der Waals surface area contributed by atoms with Crippen molar-refractivity contribution < 1.29 is 37.4 Å². The van der Waals surface area contributed by atoms with E-state index >= 15 is 0 Å². The van der Waals surface area contributed by atoms with Crippen LogP contribution in [0, 0.1) is 29.1 Å². The number of piperidine rings is 1. The molecule has 3 N–H and O–H groups in total. The summed E-state index contributed by atoms with van der Waals surface area (Å²) >= 11 is 0. The van der Waals surface area contributed by atoms with E-state index < -0.39 is 60.9 Å². The number of hydrogen-bond donors (Lipinski definition) is 3. The zero-order valence-corrected chi connectivity index (χ0v) is 23.2. The molecule has 228 valence electrons. The first-order valence-corrected chi connectivity index (χ1v) is 14.4.